The van der Waals surface area contributed by atoms with Crippen LogP contribution in [0.2, 0.25) is 5.02 Å². The highest BCUT2D eigenvalue weighted by molar-refractivity contribution is 6.30. The van der Waals surface area contributed by atoms with Gasteiger partial charge in [0.25, 0.3) is 0 Å². The van der Waals surface area contributed by atoms with Crippen molar-refractivity contribution >= 4 is 23.4 Å². The first-order valence-corrected chi connectivity index (χ1v) is 10.5. The summed E-state index contributed by atoms with van der Waals surface area (Å²) in [6.07, 6.45) is 2.10. The van der Waals surface area contributed by atoms with Crippen LogP contribution in [0, 0.1) is 0 Å². The maximum atomic E-state index is 12.6. The zero-order valence-electron chi connectivity index (χ0n) is 16.7. The normalized spacial score (nSPS) is 16.2. The van der Waals surface area contributed by atoms with Gasteiger partial charge in [0.05, 0.1) is 12.5 Å². The van der Waals surface area contributed by atoms with E-state index in [1.807, 2.05) is 42.5 Å². The van der Waals surface area contributed by atoms with E-state index >= 15 is 0 Å². The molecule has 0 unspecified atom stereocenters. The Kier molecular flexibility index (Phi) is 7.67. The number of nitrogens with zero attached hydrogens (tertiary/aromatic N) is 1. The molecule has 0 spiro atoms. The minimum Gasteiger partial charge on any atom is -0.353 e. The van der Waals surface area contributed by atoms with Crippen molar-refractivity contribution in [2.24, 2.45) is 0 Å². The Morgan fingerprint density at radius 3 is 2.34 bits per heavy atom. The molecule has 2 aromatic carbocycles. The highest BCUT2D eigenvalue weighted by atomic mass is 35.5. The van der Waals surface area contributed by atoms with Gasteiger partial charge in [-0.1, -0.05) is 54.1 Å². The van der Waals surface area contributed by atoms with Crippen LogP contribution in [-0.2, 0) is 16.1 Å². The molecule has 1 saturated heterocycles. The molecule has 0 radical (unpaired) electrons. The quantitative estimate of drug-likeness (QED) is 0.727. The first-order valence-electron chi connectivity index (χ1n) is 10.1. The summed E-state index contributed by atoms with van der Waals surface area (Å²) >= 11 is 5.95. The van der Waals surface area contributed by atoms with Crippen molar-refractivity contribution in [1.82, 2.24) is 15.5 Å². The number of carbonyl (C=O) groups is 2. The molecule has 2 amide bonds. The van der Waals surface area contributed by atoms with Crippen molar-refractivity contribution in [2.75, 3.05) is 13.1 Å². The van der Waals surface area contributed by atoms with E-state index in [2.05, 4.69) is 27.7 Å². The Morgan fingerprint density at radius 1 is 1.07 bits per heavy atom. The first kappa shape index (κ1) is 21.3. The Labute approximate surface area is 177 Å². The van der Waals surface area contributed by atoms with Gasteiger partial charge in [-0.15, -0.1) is 0 Å². The number of halogens is 1. The van der Waals surface area contributed by atoms with Crippen LogP contribution in [0.5, 0.6) is 0 Å². The first-order chi connectivity index (χ1) is 14.0. The summed E-state index contributed by atoms with van der Waals surface area (Å²) in [5.74, 6) is -0.161. The Balaban J connectivity index is 1.47. The van der Waals surface area contributed by atoms with Crippen LogP contribution in [-0.4, -0.2) is 35.8 Å². The number of hydrogen-bond acceptors (Lipinski definition) is 3. The number of amides is 2. The van der Waals surface area contributed by atoms with Gasteiger partial charge in [0.2, 0.25) is 11.8 Å². The average Bonchev–Trinajstić information content (AvgIpc) is 2.71. The van der Waals surface area contributed by atoms with E-state index in [4.69, 9.17) is 11.6 Å². The van der Waals surface area contributed by atoms with E-state index in [0.29, 0.717) is 0 Å². The van der Waals surface area contributed by atoms with E-state index in [-0.39, 0.29) is 30.3 Å². The maximum absolute atomic E-state index is 12.6. The Hall–Kier alpha value is -2.37. The molecule has 3 rings (SSSR count). The minimum atomic E-state index is -0.307. The van der Waals surface area contributed by atoms with E-state index in [9.17, 15) is 9.59 Å². The molecule has 0 aliphatic carbocycles. The molecule has 154 valence electrons. The standard InChI is InChI=1S/C23H28ClN3O2/c1-17(28)25-22(19-5-3-2-4-6-19)15-23(29)26-21-11-13-27(14-12-21)16-18-7-9-20(24)10-8-18/h2-10,21-22H,11-16H2,1H3,(H,25,28)(H,26,29)/t22-/m1/s1. The predicted molar refractivity (Wildman–Crippen MR) is 116 cm³/mol. The van der Waals surface area contributed by atoms with Gasteiger partial charge >= 0.3 is 0 Å². The van der Waals surface area contributed by atoms with Crippen molar-refractivity contribution in [2.45, 2.75) is 44.8 Å². The van der Waals surface area contributed by atoms with E-state index in [1.54, 1.807) is 0 Å². The highest BCUT2D eigenvalue weighted by Crippen LogP contribution is 2.19. The highest BCUT2D eigenvalue weighted by Gasteiger charge is 2.23. The van der Waals surface area contributed by atoms with Crippen molar-refractivity contribution in [1.29, 1.82) is 0 Å². The summed E-state index contributed by atoms with van der Waals surface area (Å²) in [4.78, 5) is 26.5. The second-order valence-electron chi connectivity index (χ2n) is 7.61. The molecule has 29 heavy (non-hydrogen) atoms. The third-order valence-corrected chi connectivity index (χ3v) is 5.49. The zero-order valence-corrected chi connectivity index (χ0v) is 17.5. The zero-order chi connectivity index (χ0) is 20.6. The van der Waals surface area contributed by atoms with E-state index < -0.39 is 0 Å². The molecule has 2 N–H and O–H groups in total. The van der Waals surface area contributed by atoms with Gasteiger partial charge in [0, 0.05) is 37.6 Å². The second-order valence-corrected chi connectivity index (χ2v) is 8.05. The van der Waals surface area contributed by atoms with Gasteiger partial charge in [-0.05, 0) is 36.1 Å². The number of rotatable bonds is 7. The number of piperidine rings is 1. The molecule has 0 aromatic heterocycles. The van der Waals surface area contributed by atoms with Crippen LogP contribution < -0.4 is 10.6 Å². The van der Waals surface area contributed by atoms with Gasteiger partial charge in [-0.2, -0.15) is 0 Å². The molecule has 1 aliphatic heterocycles. The Bertz CT molecular complexity index is 803. The molecule has 1 atom stereocenters. The molecule has 5 nitrogen and oxygen atoms in total. The van der Waals surface area contributed by atoms with Crippen LogP contribution in [0.3, 0.4) is 0 Å². The number of carbonyl (C=O) groups excluding carboxylic acids is 2. The monoisotopic (exact) mass is 413 g/mol. The topological polar surface area (TPSA) is 61.4 Å². The van der Waals surface area contributed by atoms with Crippen molar-refractivity contribution < 1.29 is 9.59 Å². The summed E-state index contributed by atoms with van der Waals surface area (Å²) in [5, 5.41) is 6.79. The van der Waals surface area contributed by atoms with Crippen LogP contribution in [0.15, 0.2) is 54.6 Å². The number of nitrogens with one attached hydrogen (secondary N) is 2. The molecule has 1 heterocycles. The van der Waals surface area contributed by atoms with Crippen LogP contribution in [0.4, 0.5) is 0 Å². The molecule has 2 aromatic rings. The molecule has 0 bridgehead atoms. The average molecular weight is 414 g/mol. The molecule has 6 heteroatoms. The minimum absolute atomic E-state index is 0.0243. The lowest BCUT2D eigenvalue weighted by molar-refractivity contribution is -0.123. The Morgan fingerprint density at radius 2 is 1.72 bits per heavy atom. The van der Waals surface area contributed by atoms with Gasteiger partial charge in [0.15, 0.2) is 0 Å². The van der Waals surface area contributed by atoms with Gasteiger partial charge in [-0.25, -0.2) is 0 Å². The summed E-state index contributed by atoms with van der Waals surface area (Å²) in [5.41, 5.74) is 2.19. The van der Waals surface area contributed by atoms with Gasteiger partial charge in [-0.3, -0.25) is 14.5 Å². The second kappa shape index (κ2) is 10.4. The van der Waals surface area contributed by atoms with Crippen molar-refractivity contribution in [3.8, 4) is 0 Å². The summed E-state index contributed by atoms with van der Waals surface area (Å²) in [7, 11) is 0. The van der Waals surface area contributed by atoms with Crippen LogP contribution in [0.25, 0.3) is 0 Å². The largest absolute Gasteiger partial charge is 0.353 e. The number of likely N-dealkylation sites (tertiary alicyclic amines) is 1. The fourth-order valence-corrected chi connectivity index (χ4v) is 3.86. The van der Waals surface area contributed by atoms with Gasteiger partial charge < -0.3 is 10.6 Å². The van der Waals surface area contributed by atoms with Crippen LogP contribution >= 0.6 is 11.6 Å². The lowest BCUT2D eigenvalue weighted by atomic mass is 10.0. The van der Waals surface area contributed by atoms with Crippen molar-refractivity contribution in [3.05, 3.63) is 70.7 Å². The predicted octanol–water partition coefficient (Wildman–Crippen LogP) is 3.69. The number of hydrogen-bond donors (Lipinski definition) is 2. The third-order valence-electron chi connectivity index (χ3n) is 5.24. The molecular formula is C23H28ClN3O2. The van der Waals surface area contributed by atoms with Crippen molar-refractivity contribution in [3.63, 3.8) is 0 Å². The molecule has 1 aliphatic rings. The fraction of sp³-hybridized carbons (Fsp3) is 0.391. The third kappa shape index (κ3) is 6.87. The van der Waals surface area contributed by atoms with E-state index in [1.165, 1.54) is 12.5 Å². The molecular weight excluding hydrogens is 386 g/mol. The molecule has 0 saturated carbocycles. The van der Waals surface area contributed by atoms with Crippen LogP contribution in [0.1, 0.15) is 43.4 Å². The van der Waals surface area contributed by atoms with E-state index in [0.717, 1.165) is 43.1 Å². The molecule has 1 fully saturated rings. The summed E-state index contributed by atoms with van der Waals surface area (Å²) in [6, 6.07) is 17.4. The smallest absolute Gasteiger partial charge is 0.222 e. The summed E-state index contributed by atoms with van der Waals surface area (Å²) < 4.78 is 0. The lowest BCUT2D eigenvalue weighted by Gasteiger charge is -2.32. The lowest BCUT2D eigenvalue weighted by Crippen LogP contribution is -2.45. The summed E-state index contributed by atoms with van der Waals surface area (Å²) in [6.45, 7) is 4.27. The van der Waals surface area contributed by atoms with Gasteiger partial charge in [0.1, 0.15) is 0 Å². The fourth-order valence-electron chi connectivity index (χ4n) is 3.74. The SMILES string of the molecule is CC(=O)N[C@H](CC(=O)NC1CCN(Cc2ccc(Cl)cc2)CC1)c1ccccc1. The number of benzene rings is 2. The maximum Gasteiger partial charge on any atom is 0.222 e.